The number of halogens is 1. The summed E-state index contributed by atoms with van der Waals surface area (Å²) in [6, 6.07) is 3.63. The topological polar surface area (TPSA) is 33.5 Å². The SMILES string of the molecule is CC(C)N(CCCBr)C(=O)c1ccco1. The number of carbonyl (C=O) groups excluding carboxylic acids is 1. The number of hydrogen-bond acceptors (Lipinski definition) is 2. The van der Waals surface area contributed by atoms with Gasteiger partial charge in [0.15, 0.2) is 5.76 Å². The van der Waals surface area contributed by atoms with Crippen molar-refractivity contribution in [3.05, 3.63) is 24.2 Å². The third-order valence-electron chi connectivity index (χ3n) is 2.15. The first kappa shape index (κ1) is 12.3. The zero-order valence-electron chi connectivity index (χ0n) is 9.07. The van der Waals surface area contributed by atoms with Crippen molar-refractivity contribution in [2.45, 2.75) is 26.3 Å². The predicted molar refractivity (Wildman–Crippen MR) is 63.3 cm³/mol. The van der Waals surface area contributed by atoms with Gasteiger partial charge in [-0.15, -0.1) is 0 Å². The van der Waals surface area contributed by atoms with Gasteiger partial charge in [0.05, 0.1) is 6.26 Å². The van der Waals surface area contributed by atoms with Crippen molar-refractivity contribution in [3.63, 3.8) is 0 Å². The van der Waals surface area contributed by atoms with E-state index in [9.17, 15) is 4.79 Å². The zero-order valence-corrected chi connectivity index (χ0v) is 10.7. The van der Waals surface area contributed by atoms with E-state index in [-0.39, 0.29) is 11.9 Å². The van der Waals surface area contributed by atoms with Gasteiger partial charge in [0, 0.05) is 17.9 Å². The molecular formula is C11H16BrNO2. The molecule has 1 amide bonds. The molecule has 15 heavy (non-hydrogen) atoms. The average molecular weight is 274 g/mol. The third kappa shape index (κ3) is 3.38. The third-order valence-corrected chi connectivity index (χ3v) is 2.71. The molecule has 0 aliphatic rings. The molecule has 0 unspecified atom stereocenters. The summed E-state index contributed by atoms with van der Waals surface area (Å²) in [6.07, 6.45) is 2.47. The standard InChI is InChI=1S/C11H16BrNO2/c1-9(2)13(7-4-6-12)11(14)10-5-3-8-15-10/h3,5,8-9H,4,6-7H2,1-2H3. The van der Waals surface area contributed by atoms with E-state index in [2.05, 4.69) is 15.9 Å². The van der Waals surface area contributed by atoms with Crippen LogP contribution in [-0.2, 0) is 0 Å². The number of rotatable bonds is 5. The number of nitrogens with zero attached hydrogens (tertiary/aromatic N) is 1. The largest absolute Gasteiger partial charge is 0.459 e. The first-order chi connectivity index (χ1) is 7.16. The van der Waals surface area contributed by atoms with E-state index in [0.717, 1.165) is 18.3 Å². The lowest BCUT2D eigenvalue weighted by atomic mass is 10.2. The van der Waals surface area contributed by atoms with E-state index in [0.29, 0.717) is 5.76 Å². The Morgan fingerprint density at radius 1 is 1.60 bits per heavy atom. The Hall–Kier alpha value is -0.770. The van der Waals surface area contributed by atoms with Crippen LogP contribution in [0.25, 0.3) is 0 Å². The van der Waals surface area contributed by atoms with Gasteiger partial charge in [-0.05, 0) is 32.4 Å². The van der Waals surface area contributed by atoms with E-state index >= 15 is 0 Å². The molecule has 0 saturated carbocycles. The molecule has 0 aliphatic carbocycles. The molecule has 84 valence electrons. The Morgan fingerprint density at radius 2 is 2.33 bits per heavy atom. The van der Waals surface area contributed by atoms with E-state index < -0.39 is 0 Å². The zero-order chi connectivity index (χ0) is 11.3. The molecule has 0 aliphatic heterocycles. The molecule has 0 fully saturated rings. The van der Waals surface area contributed by atoms with Gasteiger partial charge >= 0.3 is 0 Å². The maximum absolute atomic E-state index is 12.0. The fourth-order valence-electron chi connectivity index (χ4n) is 1.37. The number of carbonyl (C=O) groups is 1. The highest BCUT2D eigenvalue weighted by atomic mass is 79.9. The molecule has 3 nitrogen and oxygen atoms in total. The number of amides is 1. The van der Waals surface area contributed by atoms with Gasteiger partial charge in [-0.1, -0.05) is 15.9 Å². The molecule has 1 aromatic rings. The molecule has 0 bridgehead atoms. The summed E-state index contributed by atoms with van der Waals surface area (Å²) in [5.41, 5.74) is 0. The van der Waals surface area contributed by atoms with Crippen LogP contribution in [0.4, 0.5) is 0 Å². The number of hydrogen-bond donors (Lipinski definition) is 0. The van der Waals surface area contributed by atoms with Gasteiger partial charge in [0.2, 0.25) is 0 Å². The van der Waals surface area contributed by atoms with Crippen molar-refractivity contribution in [3.8, 4) is 0 Å². The fraction of sp³-hybridized carbons (Fsp3) is 0.545. The number of alkyl halides is 1. The Labute approximate surface area is 98.6 Å². The Balaban J connectivity index is 2.67. The van der Waals surface area contributed by atoms with Crippen LogP contribution >= 0.6 is 15.9 Å². The Bertz CT molecular complexity index is 296. The van der Waals surface area contributed by atoms with Crippen molar-refractivity contribution >= 4 is 21.8 Å². The van der Waals surface area contributed by atoms with Crippen LogP contribution in [0.2, 0.25) is 0 Å². The molecule has 4 heteroatoms. The van der Waals surface area contributed by atoms with Gasteiger partial charge in [-0.2, -0.15) is 0 Å². The normalized spacial score (nSPS) is 10.7. The lowest BCUT2D eigenvalue weighted by molar-refractivity contribution is 0.0674. The van der Waals surface area contributed by atoms with Crippen LogP contribution < -0.4 is 0 Å². The van der Waals surface area contributed by atoms with Crippen LogP contribution in [0.3, 0.4) is 0 Å². The van der Waals surface area contributed by atoms with Crippen LogP contribution in [0.1, 0.15) is 30.8 Å². The molecule has 1 aromatic heterocycles. The van der Waals surface area contributed by atoms with Crippen molar-refractivity contribution in [1.29, 1.82) is 0 Å². The van der Waals surface area contributed by atoms with E-state index in [1.807, 2.05) is 18.7 Å². The second-order valence-electron chi connectivity index (χ2n) is 3.61. The van der Waals surface area contributed by atoms with Gasteiger partial charge < -0.3 is 9.32 Å². The van der Waals surface area contributed by atoms with Gasteiger partial charge in [-0.25, -0.2) is 0 Å². The van der Waals surface area contributed by atoms with Crippen molar-refractivity contribution in [1.82, 2.24) is 4.90 Å². The van der Waals surface area contributed by atoms with Crippen molar-refractivity contribution in [2.24, 2.45) is 0 Å². The second-order valence-corrected chi connectivity index (χ2v) is 4.41. The minimum Gasteiger partial charge on any atom is -0.459 e. The Kier molecular flexibility index (Phi) is 4.88. The van der Waals surface area contributed by atoms with E-state index in [1.165, 1.54) is 6.26 Å². The van der Waals surface area contributed by atoms with E-state index in [1.54, 1.807) is 12.1 Å². The van der Waals surface area contributed by atoms with Crippen molar-refractivity contribution < 1.29 is 9.21 Å². The molecule has 1 heterocycles. The first-order valence-corrected chi connectivity index (χ1v) is 6.19. The first-order valence-electron chi connectivity index (χ1n) is 5.07. The summed E-state index contributed by atoms with van der Waals surface area (Å²) in [4.78, 5) is 13.8. The quantitative estimate of drug-likeness (QED) is 0.773. The van der Waals surface area contributed by atoms with Crippen LogP contribution in [0, 0.1) is 0 Å². The summed E-state index contributed by atoms with van der Waals surface area (Å²) < 4.78 is 5.10. The monoisotopic (exact) mass is 273 g/mol. The van der Waals surface area contributed by atoms with Gasteiger partial charge in [0.1, 0.15) is 0 Å². The minimum atomic E-state index is -0.0315. The Morgan fingerprint density at radius 3 is 2.80 bits per heavy atom. The van der Waals surface area contributed by atoms with Crippen LogP contribution in [0.15, 0.2) is 22.8 Å². The average Bonchev–Trinajstić information content (AvgIpc) is 2.70. The fourth-order valence-corrected chi connectivity index (χ4v) is 1.62. The van der Waals surface area contributed by atoms with Gasteiger partial charge in [0.25, 0.3) is 5.91 Å². The molecule has 0 N–H and O–H groups in total. The molecule has 0 atom stereocenters. The summed E-state index contributed by atoms with van der Waals surface area (Å²) in [7, 11) is 0. The smallest absolute Gasteiger partial charge is 0.289 e. The molecular weight excluding hydrogens is 258 g/mol. The maximum Gasteiger partial charge on any atom is 0.289 e. The predicted octanol–water partition coefficient (Wildman–Crippen LogP) is 2.92. The lowest BCUT2D eigenvalue weighted by Crippen LogP contribution is -2.37. The van der Waals surface area contributed by atoms with E-state index in [4.69, 9.17) is 4.42 Å². The molecule has 0 aromatic carbocycles. The maximum atomic E-state index is 12.0. The summed E-state index contributed by atoms with van der Waals surface area (Å²) in [6.45, 7) is 4.77. The summed E-state index contributed by atoms with van der Waals surface area (Å²) in [5, 5.41) is 0.904. The molecule has 1 rings (SSSR count). The summed E-state index contributed by atoms with van der Waals surface area (Å²) in [5.74, 6) is 0.384. The number of furan rings is 1. The van der Waals surface area contributed by atoms with Crippen LogP contribution in [-0.4, -0.2) is 28.7 Å². The van der Waals surface area contributed by atoms with Crippen molar-refractivity contribution in [2.75, 3.05) is 11.9 Å². The van der Waals surface area contributed by atoms with Gasteiger partial charge in [-0.3, -0.25) is 4.79 Å². The highest BCUT2D eigenvalue weighted by Crippen LogP contribution is 2.10. The molecule has 0 spiro atoms. The highest BCUT2D eigenvalue weighted by molar-refractivity contribution is 9.09. The summed E-state index contributed by atoms with van der Waals surface area (Å²) >= 11 is 3.36. The molecule has 0 saturated heterocycles. The lowest BCUT2D eigenvalue weighted by Gasteiger charge is -2.25. The highest BCUT2D eigenvalue weighted by Gasteiger charge is 2.19. The minimum absolute atomic E-state index is 0.0315. The van der Waals surface area contributed by atoms with Crippen LogP contribution in [0.5, 0.6) is 0 Å². The second kappa shape index (κ2) is 5.95. The molecule has 0 radical (unpaired) electrons.